The largest absolute Gasteiger partial charge is 0.493 e. The number of aromatic nitrogens is 3. The molecule has 0 fully saturated rings. The molecular formula is C17H14BrFN4O2. The van der Waals surface area contributed by atoms with Gasteiger partial charge in [0.05, 0.1) is 13.3 Å². The van der Waals surface area contributed by atoms with E-state index >= 15 is 0 Å². The van der Waals surface area contributed by atoms with Gasteiger partial charge in [-0.25, -0.2) is 9.07 Å². The molecule has 3 aromatic rings. The summed E-state index contributed by atoms with van der Waals surface area (Å²) in [4.78, 5) is 0. The van der Waals surface area contributed by atoms with Crippen LogP contribution in [0, 0.1) is 5.82 Å². The molecule has 0 unspecified atom stereocenters. The lowest BCUT2D eigenvalue weighted by atomic mass is 10.2. The van der Waals surface area contributed by atoms with Crippen molar-refractivity contribution in [1.29, 1.82) is 0 Å². The number of benzene rings is 2. The van der Waals surface area contributed by atoms with Gasteiger partial charge in [0.25, 0.3) is 0 Å². The summed E-state index contributed by atoms with van der Waals surface area (Å²) in [6.45, 7) is 0.101. The Hall–Kier alpha value is -2.74. The zero-order valence-corrected chi connectivity index (χ0v) is 14.9. The Morgan fingerprint density at radius 2 is 1.96 bits per heavy atom. The van der Waals surface area contributed by atoms with Crippen molar-refractivity contribution in [3.63, 3.8) is 0 Å². The summed E-state index contributed by atoms with van der Waals surface area (Å²) in [6.07, 6.45) is 4.59. The van der Waals surface area contributed by atoms with Crippen LogP contribution >= 0.6 is 15.9 Å². The van der Waals surface area contributed by atoms with E-state index in [4.69, 9.17) is 9.47 Å². The van der Waals surface area contributed by atoms with E-state index in [1.165, 1.54) is 23.4 Å². The zero-order valence-electron chi connectivity index (χ0n) is 13.3. The van der Waals surface area contributed by atoms with Gasteiger partial charge < -0.3 is 9.47 Å². The number of methoxy groups -OCH3 is 1. The molecule has 0 bridgehead atoms. The van der Waals surface area contributed by atoms with Crippen LogP contribution < -0.4 is 9.47 Å². The fourth-order valence-corrected chi connectivity index (χ4v) is 2.50. The molecule has 0 spiro atoms. The minimum atomic E-state index is -0.307. The van der Waals surface area contributed by atoms with Crippen molar-refractivity contribution in [3.8, 4) is 11.5 Å². The van der Waals surface area contributed by atoms with Gasteiger partial charge in [-0.05, 0) is 34.1 Å². The van der Waals surface area contributed by atoms with Gasteiger partial charge in [0.1, 0.15) is 25.1 Å². The van der Waals surface area contributed by atoms with E-state index in [0.717, 1.165) is 10.0 Å². The predicted octanol–water partition coefficient (Wildman–Crippen LogP) is 3.65. The summed E-state index contributed by atoms with van der Waals surface area (Å²) in [5, 5.41) is 11.6. The normalized spacial score (nSPS) is 11.0. The first-order valence-electron chi connectivity index (χ1n) is 7.30. The minimum Gasteiger partial charge on any atom is -0.493 e. The number of nitrogens with zero attached hydrogens (tertiary/aromatic N) is 4. The second-order valence-corrected chi connectivity index (χ2v) is 5.85. The second-order valence-electron chi connectivity index (χ2n) is 4.99. The predicted molar refractivity (Wildman–Crippen MR) is 94.4 cm³/mol. The molecule has 0 saturated carbocycles. The Kier molecular flexibility index (Phi) is 5.39. The van der Waals surface area contributed by atoms with Gasteiger partial charge in [-0.1, -0.05) is 18.2 Å². The molecule has 1 heterocycles. The van der Waals surface area contributed by atoms with E-state index in [-0.39, 0.29) is 12.4 Å². The molecule has 0 aliphatic carbocycles. The first-order chi connectivity index (χ1) is 12.2. The number of halogens is 2. The van der Waals surface area contributed by atoms with Gasteiger partial charge in [-0.3, -0.25) is 0 Å². The Morgan fingerprint density at radius 3 is 2.68 bits per heavy atom. The molecule has 0 N–H and O–H groups in total. The molecular weight excluding hydrogens is 391 g/mol. The monoisotopic (exact) mass is 404 g/mol. The van der Waals surface area contributed by atoms with Gasteiger partial charge in [0, 0.05) is 15.6 Å². The number of ether oxygens (including phenoxy) is 2. The zero-order chi connectivity index (χ0) is 17.6. The summed E-state index contributed by atoms with van der Waals surface area (Å²) in [5.74, 6) is 0.710. The molecule has 0 atom stereocenters. The molecule has 0 aliphatic heterocycles. The van der Waals surface area contributed by atoms with Gasteiger partial charge in [0.2, 0.25) is 0 Å². The van der Waals surface area contributed by atoms with Crippen molar-refractivity contribution in [2.24, 2.45) is 5.10 Å². The summed E-state index contributed by atoms with van der Waals surface area (Å²) in [7, 11) is 1.54. The molecule has 2 aromatic carbocycles. The van der Waals surface area contributed by atoms with Gasteiger partial charge in [0.15, 0.2) is 11.5 Å². The Balaban J connectivity index is 1.80. The van der Waals surface area contributed by atoms with Crippen LogP contribution in [-0.4, -0.2) is 28.2 Å². The van der Waals surface area contributed by atoms with Crippen LogP contribution in [0.5, 0.6) is 11.5 Å². The lowest BCUT2D eigenvalue weighted by Gasteiger charge is -2.13. The molecule has 6 nitrogen and oxygen atoms in total. The van der Waals surface area contributed by atoms with Crippen LogP contribution in [0.4, 0.5) is 4.39 Å². The third-order valence-electron chi connectivity index (χ3n) is 3.36. The van der Waals surface area contributed by atoms with Gasteiger partial charge in [-0.2, -0.15) is 5.10 Å². The van der Waals surface area contributed by atoms with Crippen LogP contribution in [0.1, 0.15) is 11.1 Å². The molecule has 0 saturated heterocycles. The van der Waals surface area contributed by atoms with Crippen molar-refractivity contribution >= 4 is 22.1 Å². The smallest absolute Gasteiger partial charge is 0.162 e. The average Bonchev–Trinajstić information content (AvgIpc) is 3.13. The Labute approximate surface area is 152 Å². The van der Waals surface area contributed by atoms with Crippen LogP contribution in [0.25, 0.3) is 0 Å². The van der Waals surface area contributed by atoms with Crippen molar-refractivity contribution in [3.05, 3.63) is 70.5 Å². The molecule has 0 amide bonds. The van der Waals surface area contributed by atoms with Crippen molar-refractivity contribution in [1.82, 2.24) is 14.9 Å². The summed E-state index contributed by atoms with van der Waals surface area (Å²) >= 11 is 3.47. The van der Waals surface area contributed by atoms with Crippen molar-refractivity contribution in [2.75, 3.05) is 7.11 Å². The molecule has 0 aliphatic rings. The summed E-state index contributed by atoms with van der Waals surface area (Å²) in [5.41, 5.74) is 1.25. The van der Waals surface area contributed by atoms with E-state index in [9.17, 15) is 4.39 Å². The van der Waals surface area contributed by atoms with E-state index in [0.29, 0.717) is 17.1 Å². The molecule has 0 radical (unpaired) electrons. The van der Waals surface area contributed by atoms with E-state index in [1.807, 2.05) is 0 Å². The topological polar surface area (TPSA) is 61.5 Å². The molecule has 1 aromatic heterocycles. The van der Waals surface area contributed by atoms with Crippen LogP contribution in [0.2, 0.25) is 0 Å². The number of hydrogen-bond acceptors (Lipinski definition) is 5. The molecule has 25 heavy (non-hydrogen) atoms. The first-order valence-corrected chi connectivity index (χ1v) is 8.09. The van der Waals surface area contributed by atoms with Crippen LogP contribution in [0.15, 0.2) is 58.6 Å². The maximum Gasteiger partial charge on any atom is 0.162 e. The minimum absolute atomic E-state index is 0.101. The molecule has 128 valence electrons. The van der Waals surface area contributed by atoms with E-state index in [1.54, 1.807) is 43.7 Å². The fraction of sp³-hybridized carbons (Fsp3) is 0.118. The number of rotatable bonds is 6. The Morgan fingerprint density at radius 1 is 1.20 bits per heavy atom. The lowest BCUT2D eigenvalue weighted by molar-refractivity contribution is 0.279. The highest BCUT2D eigenvalue weighted by atomic mass is 79.9. The van der Waals surface area contributed by atoms with E-state index in [2.05, 4.69) is 31.2 Å². The highest BCUT2D eigenvalue weighted by molar-refractivity contribution is 9.10. The maximum atomic E-state index is 13.7. The van der Waals surface area contributed by atoms with Crippen molar-refractivity contribution < 1.29 is 13.9 Å². The average molecular weight is 405 g/mol. The molecule has 8 heteroatoms. The maximum absolute atomic E-state index is 13.7. The highest BCUT2D eigenvalue weighted by Crippen LogP contribution is 2.33. The molecule has 3 rings (SSSR count). The highest BCUT2D eigenvalue weighted by Gasteiger charge is 2.11. The van der Waals surface area contributed by atoms with Crippen LogP contribution in [0.3, 0.4) is 0 Å². The second kappa shape index (κ2) is 7.89. The van der Waals surface area contributed by atoms with Gasteiger partial charge >= 0.3 is 0 Å². The van der Waals surface area contributed by atoms with Crippen LogP contribution in [-0.2, 0) is 6.61 Å². The standard InChI is InChI=1S/C17H14BrFN4O2/c1-24-16-6-13(8-22-23-10-20-21-11-23)14(18)7-17(16)25-9-12-4-2-3-5-15(12)19/h2-8,10-11H,9H2,1H3. The quantitative estimate of drug-likeness (QED) is 0.588. The third-order valence-corrected chi connectivity index (χ3v) is 4.05. The Bertz CT molecular complexity index is 884. The van der Waals surface area contributed by atoms with Crippen molar-refractivity contribution in [2.45, 2.75) is 6.61 Å². The fourth-order valence-electron chi connectivity index (χ4n) is 2.08. The third kappa shape index (κ3) is 4.21. The number of hydrogen-bond donors (Lipinski definition) is 0. The van der Waals surface area contributed by atoms with Gasteiger partial charge in [-0.15, -0.1) is 10.2 Å². The van der Waals surface area contributed by atoms with E-state index < -0.39 is 0 Å². The SMILES string of the molecule is COc1cc(C=Nn2cnnc2)c(Br)cc1OCc1ccccc1F. The lowest BCUT2D eigenvalue weighted by Crippen LogP contribution is -2.01. The summed E-state index contributed by atoms with van der Waals surface area (Å²) < 4.78 is 27.0. The first kappa shape index (κ1) is 17.1. The summed E-state index contributed by atoms with van der Waals surface area (Å²) in [6, 6.07) is 10.0.